The van der Waals surface area contributed by atoms with Gasteiger partial charge >= 0.3 is 12.1 Å². The fourth-order valence-corrected chi connectivity index (χ4v) is 1.74. The van der Waals surface area contributed by atoms with E-state index in [1.807, 2.05) is 0 Å². The molecule has 0 aliphatic carbocycles. The van der Waals surface area contributed by atoms with Gasteiger partial charge in [0, 0.05) is 12.7 Å². The van der Waals surface area contributed by atoms with E-state index < -0.39 is 23.9 Å². The second-order valence-electron chi connectivity index (χ2n) is 4.37. The number of rotatable bonds is 5. The zero-order valence-electron chi connectivity index (χ0n) is 11.5. The second-order valence-corrected chi connectivity index (χ2v) is 4.37. The van der Waals surface area contributed by atoms with E-state index in [-0.39, 0.29) is 5.56 Å². The third kappa shape index (κ3) is 2.95. The van der Waals surface area contributed by atoms with Crippen molar-refractivity contribution in [2.45, 2.75) is 38.1 Å². The van der Waals surface area contributed by atoms with Crippen LogP contribution in [0.1, 0.15) is 25.8 Å². The van der Waals surface area contributed by atoms with Gasteiger partial charge in [-0.3, -0.25) is 0 Å². The van der Waals surface area contributed by atoms with Crippen molar-refractivity contribution < 1.29 is 27.4 Å². The van der Waals surface area contributed by atoms with Crippen molar-refractivity contribution in [3.8, 4) is 0 Å². The Labute approximate surface area is 115 Å². The van der Waals surface area contributed by atoms with Crippen LogP contribution in [0.5, 0.6) is 0 Å². The predicted octanol–water partition coefficient (Wildman–Crippen LogP) is 3.43. The summed E-state index contributed by atoms with van der Waals surface area (Å²) in [6.07, 6.45) is -5.13. The lowest BCUT2D eigenvalue weighted by Crippen LogP contribution is -2.52. The topological polar surface area (TPSA) is 35.5 Å². The van der Waals surface area contributed by atoms with Gasteiger partial charge in [-0.15, -0.1) is 0 Å². The minimum atomic E-state index is -4.92. The van der Waals surface area contributed by atoms with E-state index in [2.05, 4.69) is 4.74 Å². The number of halogens is 3. The van der Waals surface area contributed by atoms with Crippen LogP contribution in [0.4, 0.5) is 13.2 Å². The lowest BCUT2D eigenvalue weighted by atomic mass is 9.92. The lowest BCUT2D eigenvalue weighted by Gasteiger charge is -2.33. The van der Waals surface area contributed by atoms with Crippen molar-refractivity contribution in [1.29, 1.82) is 0 Å². The highest BCUT2D eigenvalue weighted by Crippen LogP contribution is 2.43. The van der Waals surface area contributed by atoms with E-state index in [1.54, 1.807) is 13.0 Å². The van der Waals surface area contributed by atoms with Crippen molar-refractivity contribution in [3.63, 3.8) is 0 Å². The van der Waals surface area contributed by atoms with Gasteiger partial charge in [0.2, 0.25) is 0 Å². The first kappa shape index (κ1) is 16.5. The monoisotopic (exact) mass is 290 g/mol. The van der Waals surface area contributed by atoms with E-state index in [9.17, 15) is 18.0 Å². The number of alkyl halides is 3. The first-order valence-electron chi connectivity index (χ1n) is 6.18. The van der Waals surface area contributed by atoms with Crippen LogP contribution in [-0.2, 0) is 19.9 Å². The third-order valence-corrected chi connectivity index (χ3v) is 3.06. The molecule has 0 bridgehead atoms. The van der Waals surface area contributed by atoms with Gasteiger partial charge in [-0.05, 0) is 13.3 Å². The molecule has 20 heavy (non-hydrogen) atoms. The molecule has 6 heteroatoms. The van der Waals surface area contributed by atoms with Gasteiger partial charge in [0.1, 0.15) is 0 Å². The normalized spacial score (nSPS) is 16.3. The molecule has 0 amide bonds. The van der Waals surface area contributed by atoms with E-state index in [0.29, 0.717) is 6.42 Å². The molecule has 1 aromatic rings. The van der Waals surface area contributed by atoms with Gasteiger partial charge < -0.3 is 9.47 Å². The first-order valence-corrected chi connectivity index (χ1v) is 6.18. The summed E-state index contributed by atoms with van der Waals surface area (Å²) in [7, 11) is 0.846. The molecule has 2 atom stereocenters. The fourth-order valence-electron chi connectivity index (χ4n) is 1.74. The summed E-state index contributed by atoms with van der Waals surface area (Å²) in [6.45, 7) is 3.24. The number of benzene rings is 1. The van der Waals surface area contributed by atoms with Gasteiger partial charge in [-0.25, -0.2) is 4.79 Å². The van der Waals surface area contributed by atoms with Gasteiger partial charge in [0.15, 0.2) is 0 Å². The van der Waals surface area contributed by atoms with E-state index in [1.165, 1.54) is 31.2 Å². The van der Waals surface area contributed by atoms with Gasteiger partial charge in [-0.1, -0.05) is 37.3 Å². The zero-order chi connectivity index (χ0) is 15.4. The highest BCUT2D eigenvalue weighted by molar-refractivity contribution is 5.82. The summed E-state index contributed by atoms with van der Waals surface area (Å²) in [5.41, 5.74) is -3.40. The molecule has 0 heterocycles. The number of ether oxygens (including phenoxy) is 2. The Hall–Kier alpha value is -1.56. The first-order chi connectivity index (χ1) is 9.29. The van der Waals surface area contributed by atoms with Crippen molar-refractivity contribution in [3.05, 3.63) is 35.9 Å². The van der Waals surface area contributed by atoms with Crippen LogP contribution in [0.3, 0.4) is 0 Å². The SMILES string of the molecule is CCC(C)OC(=O)[C@](OC)(c1ccccc1)C(F)(F)F. The summed E-state index contributed by atoms with van der Waals surface area (Å²) in [5.74, 6) is -1.45. The molecule has 0 spiro atoms. The molecule has 0 radical (unpaired) electrons. The van der Waals surface area contributed by atoms with Crippen molar-refractivity contribution in [2.75, 3.05) is 7.11 Å². The average molecular weight is 290 g/mol. The Morgan fingerprint density at radius 1 is 1.25 bits per heavy atom. The summed E-state index contributed by atoms with van der Waals surface area (Å²) < 4.78 is 49.8. The number of carbonyl (C=O) groups excluding carboxylic acids is 1. The molecule has 0 aliphatic heterocycles. The molecule has 0 N–H and O–H groups in total. The van der Waals surface area contributed by atoms with Crippen molar-refractivity contribution >= 4 is 5.97 Å². The smallest absolute Gasteiger partial charge is 0.432 e. The molecule has 0 aromatic heterocycles. The molecule has 0 aliphatic rings. The summed E-state index contributed by atoms with van der Waals surface area (Å²) in [4.78, 5) is 12.0. The van der Waals surface area contributed by atoms with Crippen LogP contribution in [-0.4, -0.2) is 25.4 Å². The third-order valence-electron chi connectivity index (χ3n) is 3.06. The van der Waals surface area contributed by atoms with Crippen LogP contribution in [0.2, 0.25) is 0 Å². The number of hydrogen-bond donors (Lipinski definition) is 0. The molecule has 0 saturated heterocycles. The Bertz CT molecular complexity index is 445. The van der Waals surface area contributed by atoms with Crippen molar-refractivity contribution in [1.82, 2.24) is 0 Å². The minimum Gasteiger partial charge on any atom is -0.460 e. The zero-order valence-corrected chi connectivity index (χ0v) is 11.5. The van der Waals surface area contributed by atoms with Crippen LogP contribution in [0, 0.1) is 0 Å². The second kappa shape index (κ2) is 6.26. The molecule has 0 saturated carbocycles. The summed E-state index contributed by atoms with van der Waals surface area (Å²) >= 11 is 0. The van der Waals surface area contributed by atoms with Crippen LogP contribution in [0.15, 0.2) is 30.3 Å². The van der Waals surface area contributed by atoms with Crippen LogP contribution >= 0.6 is 0 Å². The molecular weight excluding hydrogens is 273 g/mol. The van der Waals surface area contributed by atoms with Gasteiger partial charge in [0.05, 0.1) is 6.10 Å². The number of carbonyl (C=O) groups is 1. The maximum Gasteiger partial charge on any atom is 0.432 e. The Morgan fingerprint density at radius 2 is 1.80 bits per heavy atom. The quantitative estimate of drug-likeness (QED) is 0.779. The molecule has 3 nitrogen and oxygen atoms in total. The largest absolute Gasteiger partial charge is 0.460 e. The molecule has 1 rings (SSSR count). The highest BCUT2D eigenvalue weighted by Gasteiger charge is 2.64. The highest BCUT2D eigenvalue weighted by atomic mass is 19.4. The van der Waals surface area contributed by atoms with Gasteiger partial charge in [-0.2, -0.15) is 13.2 Å². The fraction of sp³-hybridized carbons (Fsp3) is 0.500. The maximum absolute atomic E-state index is 13.4. The molecule has 0 fully saturated rings. The standard InChI is InChI=1S/C14H17F3O3/c1-4-10(2)20-12(18)13(19-3,14(15,16)17)11-8-6-5-7-9-11/h5-10H,4H2,1-3H3/t10?,13-/m1/s1. The minimum absolute atomic E-state index is 0.302. The maximum atomic E-state index is 13.4. The van der Waals surface area contributed by atoms with Gasteiger partial charge in [0.25, 0.3) is 5.60 Å². The van der Waals surface area contributed by atoms with Crippen LogP contribution in [0.25, 0.3) is 0 Å². The molecular formula is C14H17F3O3. The van der Waals surface area contributed by atoms with E-state index in [4.69, 9.17) is 4.74 Å². The number of hydrogen-bond acceptors (Lipinski definition) is 3. The number of esters is 1. The summed E-state index contributed by atoms with van der Waals surface area (Å²) in [6, 6.07) is 6.75. The van der Waals surface area contributed by atoms with Crippen molar-refractivity contribution in [2.24, 2.45) is 0 Å². The average Bonchev–Trinajstić information content (AvgIpc) is 2.39. The molecule has 112 valence electrons. The Kier molecular flexibility index (Phi) is 5.16. The van der Waals surface area contributed by atoms with E-state index in [0.717, 1.165) is 7.11 Å². The number of methoxy groups -OCH3 is 1. The van der Waals surface area contributed by atoms with E-state index >= 15 is 0 Å². The predicted molar refractivity (Wildman–Crippen MR) is 67.0 cm³/mol. The summed E-state index contributed by atoms with van der Waals surface area (Å²) in [5, 5.41) is 0. The lowest BCUT2D eigenvalue weighted by molar-refractivity contribution is -0.278. The Balaban J connectivity index is 3.31. The van der Waals surface area contributed by atoms with Crippen LogP contribution < -0.4 is 0 Å². The Morgan fingerprint density at radius 3 is 2.20 bits per heavy atom. The molecule has 1 aromatic carbocycles. The molecule has 1 unspecified atom stereocenters.